The summed E-state index contributed by atoms with van der Waals surface area (Å²) in [4.78, 5) is 12.4. The minimum atomic E-state index is 0.259. The van der Waals surface area contributed by atoms with Crippen LogP contribution in [0.5, 0.6) is 0 Å². The molecule has 3 atom stereocenters. The number of amides is 1. The summed E-state index contributed by atoms with van der Waals surface area (Å²) >= 11 is 4.79. The van der Waals surface area contributed by atoms with E-state index < -0.39 is 0 Å². The fourth-order valence-electron chi connectivity index (χ4n) is 3.17. The van der Waals surface area contributed by atoms with Crippen LogP contribution in [0.4, 0.5) is 0 Å². The van der Waals surface area contributed by atoms with E-state index in [2.05, 4.69) is 5.32 Å². The van der Waals surface area contributed by atoms with Crippen molar-refractivity contribution in [2.45, 2.75) is 38.5 Å². The highest BCUT2D eigenvalue weighted by Crippen LogP contribution is 2.48. The fourth-order valence-corrected chi connectivity index (χ4v) is 3.32. The van der Waals surface area contributed by atoms with Gasteiger partial charge < -0.3 is 11.1 Å². The molecule has 90 valence electrons. The van der Waals surface area contributed by atoms with Crippen LogP contribution in [0.1, 0.15) is 38.5 Å². The summed E-state index contributed by atoms with van der Waals surface area (Å²) in [5.74, 6) is 2.05. The van der Waals surface area contributed by atoms with Crippen LogP contribution in [0.3, 0.4) is 0 Å². The number of thiocarbonyl (C=S) groups is 1. The molecular weight excluding hydrogens is 220 g/mol. The van der Waals surface area contributed by atoms with Gasteiger partial charge in [0.2, 0.25) is 5.91 Å². The third-order valence-electron chi connectivity index (χ3n) is 3.97. The number of nitrogens with one attached hydrogen (secondary N) is 1. The van der Waals surface area contributed by atoms with E-state index in [-0.39, 0.29) is 5.91 Å². The fraction of sp³-hybridized carbons (Fsp3) is 0.833. The van der Waals surface area contributed by atoms with Gasteiger partial charge in [-0.2, -0.15) is 0 Å². The van der Waals surface area contributed by atoms with Crippen LogP contribution >= 0.6 is 12.2 Å². The molecule has 2 aliphatic rings. The Kier molecular flexibility index (Phi) is 3.79. The van der Waals surface area contributed by atoms with Gasteiger partial charge in [-0.3, -0.25) is 4.79 Å². The Morgan fingerprint density at radius 1 is 1.38 bits per heavy atom. The Hall–Kier alpha value is -0.640. The number of nitrogens with two attached hydrogens (primary N) is 1. The van der Waals surface area contributed by atoms with E-state index in [1.54, 1.807) is 0 Å². The molecule has 4 heteroatoms. The van der Waals surface area contributed by atoms with Gasteiger partial charge in [-0.05, 0) is 43.9 Å². The summed E-state index contributed by atoms with van der Waals surface area (Å²) < 4.78 is 0. The van der Waals surface area contributed by atoms with Crippen LogP contribution in [0.25, 0.3) is 0 Å². The average Bonchev–Trinajstić information content (AvgIpc) is 2.85. The molecule has 1 amide bonds. The van der Waals surface area contributed by atoms with Crippen LogP contribution in [-0.2, 0) is 4.79 Å². The number of rotatable bonds is 5. The molecule has 2 rings (SSSR count). The Morgan fingerprint density at radius 2 is 2.19 bits per heavy atom. The van der Waals surface area contributed by atoms with E-state index in [1.807, 2.05) is 0 Å². The molecule has 3 nitrogen and oxygen atoms in total. The molecule has 0 aromatic heterocycles. The maximum atomic E-state index is 11.9. The Bertz CT molecular complexity index is 293. The van der Waals surface area contributed by atoms with Crippen molar-refractivity contribution in [3.8, 4) is 0 Å². The number of hydrogen-bond acceptors (Lipinski definition) is 2. The van der Waals surface area contributed by atoms with Gasteiger partial charge >= 0.3 is 0 Å². The summed E-state index contributed by atoms with van der Waals surface area (Å²) in [6.45, 7) is 0.712. The minimum Gasteiger partial charge on any atom is -0.393 e. The third kappa shape index (κ3) is 2.73. The summed E-state index contributed by atoms with van der Waals surface area (Å²) in [6.07, 6.45) is 6.59. The van der Waals surface area contributed by atoms with E-state index in [0.29, 0.717) is 23.4 Å². The maximum absolute atomic E-state index is 11.9. The molecular formula is C12H20N2OS. The van der Waals surface area contributed by atoms with E-state index in [0.717, 1.165) is 25.2 Å². The first-order valence-corrected chi connectivity index (χ1v) is 6.63. The highest BCUT2D eigenvalue weighted by Gasteiger charge is 2.42. The van der Waals surface area contributed by atoms with Gasteiger partial charge in [0.15, 0.2) is 0 Å². The van der Waals surface area contributed by atoms with Crippen molar-refractivity contribution in [3.63, 3.8) is 0 Å². The van der Waals surface area contributed by atoms with Crippen LogP contribution in [0.2, 0.25) is 0 Å². The summed E-state index contributed by atoms with van der Waals surface area (Å²) in [5.41, 5.74) is 5.40. The predicted octanol–water partition coefficient (Wildman–Crippen LogP) is 1.61. The van der Waals surface area contributed by atoms with E-state index in [4.69, 9.17) is 18.0 Å². The first kappa shape index (κ1) is 11.8. The molecule has 0 aliphatic heterocycles. The standard InChI is InChI=1S/C12H20N2OS/c13-11(16)2-1-5-14-12(15)10-7-8-3-4-9(10)6-8/h8-10H,1-7H2,(H2,13,16)(H,14,15). The van der Waals surface area contributed by atoms with Crippen molar-refractivity contribution >= 4 is 23.1 Å². The minimum absolute atomic E-state index is 0.259. The number of hydrogen-bond donors (Lipinski definition) is 2. The van der Waals surface area contributed by atoms with Crippen molar-refractivity contribution in [1.82, 2.24) is 5.32 Å². The third-order valence-corrected chi connectivity index (χ3v) is 4.18. The van der Waals surface area contributed by atoms with Crippen LogP contribution in [0.15, 0.2) is 0 Å². The molecule has 16 heavy (non-hydrogen) atoms. The molecule has 2 bridgehead atoms. The van der Waals surface area contributed by atoms with Gasteiger partial charge in [-0.15, -0.1) is 0 Å². The highest BCUT2D eigenvalue weighted by atomic mass is 32.1. The van der Waals surface area contributed by atoms with Crippen LogP contribution in [0, 0.1) is 17.8 Å². The van der Waals surface area contributed by atoms with Crippen molar-refractivity contribution in [2.24, 2.45) is 23.5 Å². The zero-order chi connectivity index (χ0) is 11.5. The molecule has 3 unspecified atom stereocenters. The van der Waals surface area contributed by atoms with Gasteiger partial charge in [0.05, 0.1) is 4.99 Å². The normalized spacial score (nSPS) is 31.6. The lowest BCUT2D eigenvalue weighted by Gasteiger charge is -2.20. The van der Waals surface area contributed by atoms with Crippen LogP contribution in [-0.4, -0.2) is 17.4 Å². The van der Waals surface area contributed by atoms with Gasteiger partial charge in [-0.1, -0.05) is 18.6 Å². The second-order valence-electron chi connectivity index (χ2n) is 5.14. The lowest BCUT2D eigenvalue weighted by atomic mass is 9.88. The monoisotopic (exact) mass is 240 g/mol. The molecule has 0 radical (unpaired) electrons. The number of fused-ring (bicyclic) bond motifs is 2. The Balaban J connectivity index is 1.66. The molecule has 0 spiro atoms. The number of carbonyl (C=O) groups excluding carboxylic acids is 1. The second-order valence-corrected chi connectivity index (χ2v) is 5.67. The zero-order valence-electron chi connectivity index (χ0n) is 9.58. The van der Waals surface area contributed by atoms with Crippen molar-refractivity contribution < 1.29 is 4.79 Å². The average molecular weight is 240 g/mol. The lowest BCUT2D eigenvalue weighted by Crippen LogP contribution is -2.34. The van der Waals surface area contributed by atoms with Crippen LogP contribution < -0.4 is 11.1 Å². The predicted molar refractivity (Wildman–Crippen MR) is 68.0 cm³/mol. The molecule has 2 saturated carbocycles. The summed E-state index contributed by atoms with van der Waals surface area (Å²) in [6, 6.07) is 0. The van der Waals surface area contributed by atoms with Gasteiger partial charge in [0, 0.05) is 12.5 Å². The van der Waals surface area contributed by atoms with Crippen molar-refractivity contribution in [2.75, 3.05) is 6.54 Å². The molecule has 0 aromatic carbocycles. The first-order chi connectivity index (χ1) is 7.66. The highest BCUT2D eigenvalue weighted by molar-refractivity contribution is 7.80. The Labute approximate surface area is 102 Å². The molecule has 0 heterocycles. The van der Waals surface area contributed by atoms with Gasteiger partial charge in [0.1, 0.15) is 0 Å². The summed E-state index contributed by atoms with van der Waals surface area (Å²) in [7, 11) is 0. The molecule has 0 aromatic rings. The van der Waals surface area contributed by atoms with E-state index in [9.17, 15) is 4.79 Å². The van der Waals surface area contributed by atoms with Crippen molar-refractivity contribution in [3.05, 3.63) is 0 Å². The second kappa shape index (κ2) is 5.13. The Morgan fingerprint density at radius 3 is 2.75 bits per heavy atom. The molecule has 2 aliphatic carbocycles. The smallest absolute Gasteiger partial charge is 0.223 e. The quantitative estimate of drug-likeness (QED) is 0.567. The maximum Gasteiger partial charge on any atom is 0.223 e. The largest absolute Gasteiger partial charge is 0.393 e. The van der Waals surface area contributed by atoms with Crippen molar-refractivity contribution in [1.29, 1.82) is 0 Å². The van der Waals surface area contributed by atoms with Gasteiger partial charge in [0.25, 0.3) is 0 Å². The summed E-state index contributed by atoms with van der Waals surface area (Å²) in [5, 5.41) is 3.01. The first-order valence-electron chi connectivity index (χ1n) is 6.23. The SMILES string of the molecule is NC(=S)CCCNC(=O)C1CC2CCC1C2. The van der Waals surface area contributed by atoms with E-state index >= 15 is 0 Å². The van der Waals surface area contributed by atoms with Gasteiger partial charge in [-0.25, -0.2) is 0 Å². The number of carbonyl (C=O) groups is 1. The molecule has 0 saturated heterocycles. The zero-order valence-corrected chi connectivity index (χ0v) is 10.4. The molecule has 3 N–H and O–H groups in total. The topological polar surface area (TPSA) is 55.1 Å². The lowest BCUT2D eigenvalue weighted by molar-refractivity contribution is -0.126. The molecule has 2 fully saturated rings. The van der Waals surface area contributed by atoms with E-state index in [1.165, 1.54) is 19.3 Å².